The van der Waals surface area contributed by atoms with Gasteiger partial charge in [-0.05, 0) is 13.8 Å². The average Bonchev–Trinajstić information content (AvgIpc) is 1.98. The maximum atomic E-state index is 10.6. The first kappa shape index (κ1) is 6.42. The average molecular weight is 128 g/mol. The number of hydrogen-bond acceptors (Lipinski definition) is 3. The molecular formula is C6H8O3. The minimum Gasteiger partial charge on any atom is -0.359 e. The Morgan fingerprint density at radius 1 is 1.11 bits per heavy atom. The first-order valence-electron chi connectivity index (χ1n) is 2.86. The molecule has 2 unspecified atom stereocenters. The van der Waals surface area contributed by atoms with Crippen molar-refractivity contribution in [3.8, 4) is 0 Å². The van der Waals surface area contributed by atoms with Crippen LogP contribution in [-0.4, -0.2) is 23.8 Å². The number of Topliss-reactive ketones (excluding diaryl/α,β-unsaturated/α-hetero) is 2. The fraction of sp³-hybridized carbons (Fsp3) is 0.667. The monoisotopic (exact) mass is 128 g/mol. The number of hydrogen-bond donors (Lipinski definition) is 0. The first-order valence-corrected chi connectivity index (χ1v) is 2.86. The normalized spacial score (nSPS) is 35.8. The molecule has 1 aliphatic heterocycles. The van der Waals surface area contributed by atoms with E-state index >= 15 is 0 Å². The van der Waals surface area contributed by atoms with E-state index in [0.29, 0.717) is 0 Å². The van der Waals surface area contributed by atoms with Crippen molar-refractivity contribution in [3.63, 3.8) is 0 Å². The van der Waals surface area contributed by atoms with Gasteiger partial charge in [0.2, 0.25) is 11.6 Å². The van der Waals surface area contributed by atoms with Crippen LogP contribution in [0.1, 0.15) is 13.8 Å². The molecule has 0 spiro atoms. The fourth-order valence-corrected chi connectivity index (χ4v) is 0.830. The topological polar surface area (TPSA) is 43.4 Å². The summed E-state index contributed by atoms with van der Waals surface area (Å²) in [6.07, 6.45) is -1.04. The molecule has 2 atom stereocenters. The van der Waals surface area contributed by atoms with Gasteiger partial charge >= 0.3 is 0 Å². The SMILES string of the molecule is CC1OC(C)C(=O)C1=O. The molecule has 3 heteroatoms. The highest BCUT2D eigenvalue weighted by molar-refractivity contribution is 6.41. The lowest BCUT2D eigenvalue weighted by atomic mass is 10.2. The van der Waals surface area contributed by atoms with Gasteiger partial charge in [-0.15, -0.1) is 0 Å². The third-order valence-electron chi connectivity index (χ3n) is 1.39. The lowest BCUT2D eigenvalue weighted by Gasteiger charge is -1.97. The maximum absolute atomic E-state index is 10.6. The molecule has 0 radical (unpaired) electrons. The molecule has 0 amide bonds. The predicted octanol–water partition coefficient (Wildman–Crippen LogP) is -0.0682. The second-order valence-corrected chi connectivity index (χ2v) is 2.15. The van der Waals surface area contributed by atoms with Crippen molar-refractivity contribution in [2.24, 2.45) is 0 Å². The van der Waals surface area contributed by atoms with Crippen molar-refractivity contribution >= 4 is 11.6 Å². The first-order chi connectivity index (χ1) is 4.13. The molecule has 1 fully saturated rings. The van der Waals surface area contributed by atoms with Crippen LogP contribution in [0.5, 0.6) is 0 Å². The van der Waals surface area contributed by atoms with E-state index in [1.807, 2.05) is 0 Å². The van der Waals surface area contributed by atoms with Crippen molar-refractivity contribution in [1.82, 2.24) is 0 Å². The van der Waals surface area contributed by atoms with Crippen molar-refractivity contribution in [2.45, 2.75) is 26.1 Å². The Kier molecular flexibility index (Phi) is 1.37. The lowest BCUT2D eigenvalue weighted by Crippen LogP contribution is -2.17. The van der Waals surface area contributed by atoms with Gasteiger partial charge in [0.1, 0.15) is 12.2 Å². The third kappa shape index (κ3) is 0.876. The van der Waals surface area contributed by atoms with E-state index in [2.05, 4.69) is 0 Å². The van der Waals surface area contributed by atoms with E-state index in [0.717, 1.165) is 0 Å². The zero-order chi connectivity index (χ0) is 7.02. The summed E-state index contributed by atoms with van der Waals surface area (Å²) < 4.78 is 4.89. The van der Waals surface area contributed by atoms with Crippen LogP contribution >= 0.6 is 0 Å². The Hall–Kier alpha value is -0.700. The quantitative estimate of drug-likeness (QED) is 0.429. The number of ketones is 2. The molecule has 1 heterocycles. The Balaban J connectivity index is 2.77. The summed E-state index contributed by atoms with van der Waals surface area (Å²) in [5, 5.41) is 0. The number of ether oxygens (including phenoxy) is 1. The number of rotatable bonds is 0. The second-order valence-electron chi connectivity index (χ2n) is 2.15. The molecule has 0 aromatic rings. The highest BCUT2D eigenvalue weighted by Crippen LogP contribution is 2.10. The van der Waals surface area contributed by atoms with Gasteiger partial charge in [0.15, 0.2) is 0 Å². The third-order valence-corrected chi connectivity index (χ3v) is 1.39. The summed E-state index contributed by atoms with van der Waals surface area (Å²) in [6, 6.07) is 0. The van der Waals surface area contributed by atoms with Gasteiger partial charge in [0.05, 0.1) is 0 Å². The second kappa shape index (κ2) is 1.92. The molecule has 0 aromatic heterocycles. The zero-order valence-electron chi connectivity index (χ0n) is 5.38. The van der Waals surface area contributed by atoms with Gasteiger partial charge in [0, 0.05) is 0 Å². The van der Waals surface area contributed by atoms with Crippen LogP contribution in [0.4, 0.5) is 0 Å². The highest BCUT2D eigenvalue weighted by atomic mass is 16.5. The summed E-state index contributed by atoms with van der Waals surface area (Å²) in [7, 11) is 0. The van der Waals surface area contributed by atoms with Crippen LogP contribution < -0.4 is 0 Å². The molecule has 9 heavy (non-hydrogen) atoms. The number of carbonyl (C=O) groups is 2. The van der Waals surface area contributed by atoms with Crippen LogP contribution in [0.2, 0.25) is 0 Å². The molecule has 1 aliphatic rings. The predicted molar refractivity (Wildman–Crippen MR) is 30.0 cm³/mol. The van der Waals surface area contributed by atoms with Gasteiger partial charge < -0.3 is 4.74 Å². The minimum absolute atomic E-state index is 0.400. The number of carbonyl (C=O) groups excluding carboxylic acids is 2. The Morgan fingerprint density at radius 2 is 1.44 bits per heavy atom. The van der Waals surface area contributed by atoms with Gasteiger partial charge in [-0.1, -0.05) is 0 Å². The summed E-state index contributed by atoms with van der Waals surface area (Å²) in [5.74, 6) is -0.801. The van der Waals surface area contributed by atoms with Crippen LogP contribution in [-0.2, 0) is 14.3 Å². The van der Waals surface area contributed by atoms with E-state index < -0.39 is 23.8 Å². The van der Waals surface area contributed by atoms with E-state index in [-0.39, 0.29) is 0 Å². The Labute approximate surface area is 53.0 Å². The van der Waals surface area contributed by atoms with Crippen molar-refractivity contribution in [3.05, 3.63) is 0 Å². The molecule has 3 nitrogen and oxygen atoms in total. The molecule has 0 N–H and O–H groups in total. The fourth-order valence-electron chi connectivity index (χ4n) is 0.830. The molecule has 50 valence electrons. The highest BCUT2D eigenvalue weighted by Gasteiger charge is 2.36. The van der Waals surface area contributed by atoms with Crippen molar-refractivity contribution < 1.29 is 14.3 Å². The summed E-state index contributed by atoms with van der Waals surface area (Å²) in [4.78, 5) is 21.3. The van der Waals surface area contributed by atoms with E-state index in [4.69, 9.17) is 4.74 Å². The summed E-state index contributed by atoms with van der Waals surface area (Å²) in [5.41, 5.74) is 0. The largest absolute Gasteiger partial charge is 0.359 e. The Bertz CT molecular complexity index is 144. The van der Waals surface area contributed by atoms with Crippen LogP contribution in [0.25, 0.3) is 0 Å². The van der Waals surface area contributed by atoms with Gasteiger partial charge in [-0.3, -0.25) is 9.59 Å². The molecule has 0 aromatic carbocycles. The lowest BCUT2D eigenvalue weighted by molar-refractivity contribution is -0.134. The molecule has 1 saturated heterocycles. The van der Waals surface area contributed by atoms with E-state index in [1.165, 1.54) is 0 Å². The van der Waals surface area contributed by atoms with Gasteiger partial charge in [-0.2, -0.15) is 0 Å². The van der Waals surface area contributed by atoms with E-state index in [1.54, 1.807) is 13.8 Å². The molecular weight excluding hydrogens is 120 g/mol. The van der Waals surface area contributed by atoms with Gasteiger partial charge in [0.25, 0.3) is 0 Å². The standard InChI is InChI=1S/C6H8O3/c1-3-5(7)6(8)4(2)9-3/h3-4H,1-2H3. The van der Waals surface area contributed by atoms with Crippen LogP contribution in [0, 0.1) is 0 Å². The maximum Gasteiger partial charge on any atom is 0.229 e. The smallest absolute Gasteiger partial charge is 0.229 e. The Morgan fingerprint density at radius 3 is 1.56 bits per heavy atom. The summed E-state index contributed by atoms with van der Waals surface area (Å²) >= 11 is 0. The van der Waals surface area contributed by atoms with Crippen molar-refractivity contribution in [2.75, 3.05) is 0 Å². The molecule has 0 bridgehead atoms. The van der Waals surface area contributed by atoms with Crippen LogP contribution in [0.3, 0.4) is 0 Å². The summed E-state index contributed by atoms with van der Waals surface area (Å²) in [6.45, 7) is 3.17. The molecule has 0 aliphatic carbocycles. The molecule has 1 rings (SSSR count). The zero-order valence-corrected chi connectivity index (χ0v) is 5.38. The molecule has 0 saturated carbocycles. The van der Waals surface area contributed by atoms with E-state index in [9.17, 15) is 9.59 Å². The minimum atomic E-state index is -0.521. The van der Waals surface area contributed by atoms with Crippen LogP contribution in [0.15, 0.2) is 0 Å². The van der Waals surface area contributed by atoms with Crippen molar-refractivity contribution in [1.29, 1.82) is 0 Å². The van der Waals surface area contributed by atoms with Gasteiger partial charge in [-0.25, -0.2) is 0 Å².